The van der Waals surface area contributed by atoms with E-state index in [2.05, 4.69) is 18.9 Å². The van der Waals surface area contributed by atoms with Gasteiger partial charge in [-0.2, -0.15) is 5.10 Å². The Morgan fingerprint density at radius 2 is 2.17 bits per heavy atom. The zero-order chi connectivity index (χ0) is 13.9. The number of aromatic nitrogens is 2. The first-order valence-electron chi connectivity index (χ1n) is 5.95. The molecule has 4 nitrogen and oxygen atoms in total. The van der Waals surface area contributed by atoms with Crippen LogP contribution in [0.4, 0.5) is 0 Å². The molecule has 18 heavy (non-hydrogen) atoms. The summed E-state index contributed by atoms with van der Waals surface area (Å²) in [7, 11) is 3.57. The molecule has 0 spiro atoms. The number of hydrogen-bond donors (Lipinski definition) is 0. The van der Waals surface area contributed by atoms with E-state index in [1.165, 1.54) is 6.08 Å². The molecule has 5 heteroatoms. The van der Waals surface area contributed by atoms with Crippen molar-refractivity contribution in [3.8, 4) is 0 Å². The summed E-state index contributed by atoms with van der Waals surface area (Å²) in [5, 5.41) is 4.73. The Morgan fingerprint density at radius 3 is 2.61 bits per heavy atom. The fourth-order valence-corrected chi connectivity index (χ4v) is 1.99. The molecule has 0 saturated carbocycles. The van der Waals surface area contributed by atoms with Crippen molar-refractivity contribution < 1.29 is 4.79 Å². The second-order valence-electron chi connectivity index (χ2n) is 4.86. The average Bonchev–Trinajstić information content (AvgIpc) is 2.49. The minimum atomic E-state index is -0.0250. The SMILES string of the molecule is Cc1nn(C)c(Cl)c1/C=C/C(=O)N(C)CC(C)C. The molecule has 0 aromatic carbocycles. The third-order valence-electron chi connectivity index (χ3n) is 2.60. The maximum absolute atomic E-state index is 11.9. The van der Waals surface area contributed by atoms with Gasteiger partial charge in [-0.05, 0) is 18.9 Å². The summed E-state index contributed by atoms with van der Waals surface area (Å²) >= 11 is 6.09. The lowest BCUT2D eigenvalue weighted by atomic mass is 10.2. The summed E-state index contributed by atoms with van der Waals surface area (Å²) in [4.78, 5) is 13.5. The van der Waals surface area contributed by atoms with Gasteiger partial charge in [-0.3, -0.25) is 9.48 Å². The fraction of sp³-hybridized carbons (Fsp3) is 0.538. The van der Waals surface area contributed by atoms with Crippen LogP contribution >= 0.6 is 11.6 Å². The van der Waals surface area contributed by atoms with Gasteiger partial charge >= 0.3 is 0 Å². The Bertz CT molecular complexity index is 463. The fourth-order valence-electron chi connectivity index (χ4n) is 1.76. The zero-order valence-corrected chi connectivity index (χ0v) is 12.3. The Hall–Kier alpha value is -1.29. The molecule has 0 aliphatic carbocycles. The molecule has 0 aliphatic rings. The molecule has 100 valence electrons. The van der Waals surface area contributed by atoms with Crippen LogP contribution < -0.4 is 0 Å². The first-order chi connectivity index (χ1) is 8.32. The maximum Gasteiger partial charge on any atom is 0.246 e. The van der Waals surface area contributed by atoms with Gasteiger partial charge in [0.15, 0.2) is 0 Å². The molecule has 0 atom stereocenters. The quantitative estimate of drug-likeness (QED) is 0.788. The summed E-state index contributed by atoms with van der Waals surface area (Å²) in [6, 6.07) is 0. The second-order valence-corrected chi connectivity index (χ2v) is 5.22. The monoisotopic (exact) mass is 269 g/mol. The van der Waals surface area contributed by atoms with Gasteiger partial charge in [0, 0.05) is 32.3 Å². The lowest BCUT2D eigenvalue weighted by Crippen LogP contribution is -2.28. The van der Waals surface area contributed by atoms with E-state index in [0.29, 0.717) is 11.1 Å². The molecule has 0 aliphatic heterocycles. The van der Waals surface area contributed by atoms with Crippen molar-refractivity contribution >= 4 is 23.6 Å². The summed E-state index contributed by atoms with van der Waals surface area (Å²) < 4.78 is 1.60. The van der Waals surface area contributed by atoms with Crippen LogP contribution in [0.2, 0.25) is 5.15 Å². The molecule has 1 amide bonds. The summed E-state index contributed by atoms with van der Waals surface area (Å²) in [6.07, 6.45) is 3.27. The third-order valence-corrected chi connectivity index (χ3v) is 3.05. The van der Waals surface area contributed by atoms with E-state index in [1.807, 2.05) is 6.92 Å². The number of aryl methyl sites for hydroxylation is 2. The lowest BCUT2D eigenvalue weighted by molar-refractivity contribution is -0.125. The predicted octanol–water partition coefficient (Wildman–Crippen LogP) is 2.51. The normalized spacial score (nSPS) is 11.5. The minimum Gasteiger partial charge on any atom is -0.342 e. The Balaban J connectivity index is 2.78. The van der Waals surface area contributed by atoms with Crippen molar-refractivity contribution in [3.63, 3.8) is 0 Å². The first kappa shape index (κ1) is 14.8. The molecular weight excluding hydrogens is 250 g/mol. The molecule has 0 bridgehead atoms. The Kier molecular flexibility index (Phi) is 4.96. The van der Waals surface area contributed by atoms with Crippen LogP contribution in [0.1, 0.15) is 25.1 Å². The van der Waals surface area contributed by atoms with Crippen molar-refractivity contribution in [2.24, 2.45) is 13.0 Å². The van der Waals surface area contributed by atoms with Crippen LogP contribution in [0, 0.1) is 12.8 Å². The van der Waals surface area contributed by atoms with Crippen molar-refractivity contribution in [1.82, 2.24) is 14.7 Å². The predicted molar refractivity (Wildman–Crippen MR) is 74.5 cm³/mol. The summed E-state index contributed by atoms with van der Waals surface area (Å²) in [5.41, 5.74) is 1.61. The van der Waals surface area contributed by atoms with Crippen LogP contribution in [-0.2, 0) is 11.8 Å². The number of nitrogens with zero attached hydrogens (tertiary/aromatic N) is 3. The van der Waals surface area contributed by atoms with E-state index in [9.17, 15) is 4.79 Å². The highest BCUT2D eigenvalue weighted by molar-refractivity contribution is 6.31. The molecule has 0 radical (unpaired) electrons. The van der Waals surface area contributed by atoms with E-state index >= 15 is 0 Å². The van der Waals surface area contributed by atoms with Gasteiger partial charge < -0.3 is 4.90 Å². The van der Waals surface area contributed by atoms with Crippen LogP contribution in [0.5, 0.6) is 0 Å². The van der Waals surface area contributed by atoms with Gasteiger partial charge in [0.25, 0.3) is 0 Å². The van der Waals surface area contributed by atoms with Crippen LogP contribution in [-0.4, -0.2) is 34.2 Å². The van der Waals surface area contributed by atoms with Crippen molar-refractivity contribution in [2.45, 2.75) is 20.8 Å². The van der Waals surface area contributed by atoms with Crippen LogP contribution in [0.25, 0.3) is 6.08 Å². The number of amides is 1. The summed E-state index contributed by atoms with van der Waals surface area (Å²) in [5.74, 6) is 0.430. The zero-order valence-electron chi connectivity index (χ0n) is 11.6. The number of likely N-dealkylation sites (N-methyl/N-ethyl adjacent to an activating group) is 1. The highest BCUT2D eigenvalue weighted by Crippen LogP contribution is 2.20. The maximum atomic E-state index is 11.9. The number of carbonyl (C=O) groups excluding carboxylic acids is 1. The van der Waals surface area contributed by atoms with Crippen molar-refractivity contribution in [1.29, 1.82) is 0 Å². The first-order valence-corrected chi connectivity index (χ1v) is 6.33. The van der Waals surface area contributed by atoms with E-state index in [-0.39, 0.29) is 5.91 Å². The van der Waals surface area contributed by atoms with E-state index in [1.54, 1.807) is 29.8 Å². The number of rotatable bonds is 4. The highest BCUT2D eigenvalue weighted by atomic mass is 35.5. The number of hydrogen-bond acceptors (Lipinski definition) is 2. The van der Waals surface area contributed by atoms with Crippen LogP contribution in [0.15, 0.2) is 6.08 Å². The molecule has 0 N–H and O–H groups in total. The molecule has 1 aromatic heterocycles. The minimum absolute atomic E-state index is 0.0250. The number of carbonyl (C=O) groups is 1. The van der Waals surface area contributed by atoms with Crippen molar-refractivity contribution in [3.05, 3.63) is 22.5 Å². The topological polar surface area (TPSA) is 38.1 Å². The summed E-state index contributed by atoms with van der Waals surface area (Å²) in [6.45, 7) is 6.77. The molecule has 0 fully saturated rings. The standard InChI is InChI=1S/C13H20ClN3O/c1-9(2)8-16(4)12(18)7-6-11-10(3)15-17(5)13(11)14/h6-7,9H,8H2,1-5H3/b7-6+. The van der Waals surface area contributed by atoms with Gasteiger partial charge in [0.05, 0.1) is 5.69 Å². The van der Waals surface area contributed by atoms with E-state index in [4.69, 9.17) is 11.6 Å². The second kappa shape index (κ2) is 6.05. The average molecular weight is 270 g/mol. The smallest absolute Gasteiger partial charge is 0.246 e. The molecular formula is C13H20ClN3O. The van der Waals surface area contributed by atoms with E-state index in [0.717, 1.165) is 17.8 Å². The molecule has 1 heterocycles. The lowest BCUT2D eigenvalue weighted by Gasteiger charge is -2.17. The largest absolute Gasteiger partial charge is 0.342 e. The van der Waals surface area contributed by atoms with Gasteiger partial charge in [-0.25, -0.2) is 0 Å². The van der Waals surface area contributed by atoms with Gasteiger partial charge in [-0.15, -0.1) is 0 Å². The molecule has 1 aromatic rings. The Labute approximate surface area is 113 Å². The van der Waals surface area contributed by atoms with Gasteiger partial charge in [0.2, 0.25) is 5.91 Å². The molecule has 0 saturated heterocycles. The van der Waals surface area contributed by atoms with E-state index < -0.39 is 0 Å². The van der Waals surface area contributed by atoms with Gasteiger partial charge in [-0.1, -0.05) is 25.4 Å². The molecule has 1 rings (SSSR count). The number of halogens is 1. The third kappa shape index (κ3) is 3.60. The van der Waals surface area contributed by atoms with Crippen LogP contribution in [0.3, 0.4) is 0 Å². The highest BCUT2D eigenvalue weighted by Gasteiger charge is 2.10. The van der Waals surface area contributed by atoms with Gasteiger partial charge in [0.1, 0.15) is 5.15 Å². The Morgan fingerprint density at radius 1 is 1.56 bits per heavy atom. The molecule has 0 unspecified atom stereocenters. The van der Waals surface area contributed by atoms with Crippen molar-refractivity contribution in [2.75, 3.05) is 13.6 Å².